The minimum absolute atomic E-state index is 0.349. The average molecular weight is 251 g/mol. The van der Waals surface area contributed by atoms with Gasteiger partial charge in [-0.25, -0.2) is 9.97 Å². The van der Waals surface area contributed by atoms with Crippen molar-refractivity contribution in [2.24, 2.45) is 0 Å². The van der Waals surface area contributed by atoms with Crippen LogP contribution in [0.3, 0.4) is 0 Å². The highest BCUT2D eigenvalue weighted by molar-refractivity contribution is 5.33. The number of nitrogens with zero attached hydrogens (tertiary/aromatic N) is 2. The van der Waals surface area contributed by atoms with Crippen molar-refractivity contribution in [2.45, 2.75) is 52.6 Å². The zero-order chi connectivity index (χ0) is 13.4. The van der Waals surface area contributed by atoms with Crippen LogP contribution < -0.4 is 5.32 Å². The van der Waals surface area contributed by atoms with Crippen LogP contribution in [-0.4, -0.2) is 23.1 Å². The van der Waals surface area contributed by atoms with Crippen molar-refractivity contribution in [3.8, 4) is 0 Å². The monoisotopic (exact) mass is 251 g/mol. The van der Waals surface area contributed by atoms with E-state index >= 15 is 0 Å². The maximum Gasteiger partial charge on any atom is 0.162 e. The summed E-state index contributed by atoms with van der Waals surface area (Å²) in [4.78, 5) is 9.00. The van der Waals surface area contributed by atoms with Crippen LogP contribution in [-0.2, 0) is 10.3 Å². The van der Waals surface area contributed by atoms with Crippen molar-refractivity contribution in [3.05, 3.63) is 18.1 Å². The van der Waals surface area contributed by atoms with E-state index in [2.05, 4.69) is 36.1 Å². The van der Waals surface area contributed by atoms with Crippen molar-refractivity contribution in [1.82, 2.24) is 9.97 Å². The second-order valence-corrected chi connectivity index (χ2v) is 4.33. The van der Waals surface area contributed by atoms with E-state index in [1.807, 2.05) is 13.0 Å². The third-order valence-corrected chi connectivity index (χ3v) is 3.18. The minimum atomic E-state index is -0.349. The molecular weight excluding hydrogens is 226 g/mol. The number of anilines is 1. The normalized spacial score (nSPS) is 11.6. The Kier molecular flexibility index (Phi) is 6.05. The first kappa shape index (κ1) is 14.9. The number of hydrogen-bond donors (Lipinski definition) is 1. The van der Waals surface area contributed by atoms with Crippen molar-refractivity contribution < 1.29 is 4.74 Å². The minimum Gasteiger partial charge on any atom is -0.370 e. The molecule has 0 aliphatic rings. The predicted molar refractivity (Wildman–Crippen MR) is 74.7 cm³/mol. The van der Waals surface area contributed by atoms with Gasteiger partial charge in [0.15, 0.2) is 5.82 Å². The zero-order valence-corrected chi connectivity index (χ0v) is 12.0. The van der Waals surface area contributed by atoms with Gasteiger partial charge in [-0.05, 0) is 32.3 Å². The van der Waals surface area contributed by atoms with Gasteiger partial charge in [0, 0.05) is 19.3 Å². The van der Waals surface area contributed by atoms with Crippen LogP contribution in [0.15, 0.2) is 12.3 Å². The molecule has 0 aromatic carbocycles. The summed E-state index contributed by atoms with van der Waals surface area (Å²) in [6, 6.07) is 1.90. The Balaban J connectivity index is 2.97. The first-order valence-electron chi connectivity index (χ1n) is 6.93. The molecule has 0 amide bonds. The third kappa shape index (κ3) is 3.42. The van der Waals surface area contributed by atoms with Gasteiger partial charge < -0.3 is 10.1 Å². The van der Waals surface area contributed by atoms with Gasteiger partial charge in [0.25, 0.3) is 0 Å². The van der Waals surface area contributed by atoms with E-state index in [1.54, 1.807) is 6.20 Å². The summed E-state index contributed by atoms with van der Waals surface area (Å²) in [5.74, 6) is 1.67. The lowest BCUT2D eigenvalue weighted by Crippen LogP contribution is -2.31. The van der Waals surface area contributed by atoms with E-state index in [1.165, 1.54) is 0 Å². The number of ether oxygens (including phenoxy) is 1. The lowest BCUT2D eigenvalue weighted by molar-refractivity contribution is -0.0570. The van der Waals surface area contributed by atoms with Gasteiger partial charge >= 0.3 is 0 Å². The molecular formula is C14H25N3O. The van der Waals surface area contributed by atoms with E-state index in [4.69, 9.17) is 4.74 Å². The Morgan fingerprint density at radius 3 is 2.50 bits per heavy atom. The Labute approximate surface area is 110 Å². The summed E-state index contributed by atoms with van der Waals surface area (Å²) < 4.78 is 5.92. The molecule has 0 saturated heterocycles. The molecule has 18 heavy (non-hydrogen) atoms. The number of rotatable bonds is 8. The molecule has 4 nitrogen and oxygen atoms in total. The van der Waals surface area contributed by atoms with Crippen LogP contribution >= 0.6 is 0 Å². The fraction of sp³-hybridized carbons (Fsp3) is 0.714. The quantitative estimate of drug-likeness (QED) is 0.769. The van der Waals surface area contributed by atoms with E-state index in [0.717, 1.165) is 37.4 Å². The van der Waals surface area contributed by atoms with E-state index in [-0.39, 0.29) is 5.60 Å². The molecule has 1 aromatic heterocycles. The Bertz CT molecular complexity index is 351. The number of nitrogens with one attached hydrogen (secondary N) is 1. The summed E-state index contributed by atoms with van der Waals surface area (Å²) in [5.41, 5.74) is -0.349. The van der Waals surface area contributed by atoms with Crippen LogP contribution in [0.25, 0.3) is 0 Å². The molecule has 0 aliphatic heterocycles. The van der Waals surface area contributed by atoms with Crippen LogP contribution in [0.5, 0.6) is 0 Å². The molecule has 1 heterocycles. The summed E-state index contributed by atoms with van der Waals surface area (Å²) in [6.45, 7) is 9.99. The molecule has 1 N–H and O–H groups in total. The van der Waals surface area contributed by atoms with Crippen LogP contribution in [0, 0.1) is 0 Å². The smallest absolute Gasteiger partial charge is 0.162 e. The van der Waals surface area contributed by atoms with Gasteiger partial charge in [0.1, 0.15) is 11.4 Å². The van der Waals surface area contributed by atoms with Crippen molar-refractivity contribution >= 4 is 5.82 Å². The van der Waals surface area contributed by atoms with Crippen LogP contribution in [0.4, 0.5) is 5.82 Å². The highest BCUT2D eigenvalue weighted by Gasteiger charge is 2.32. The van der Waals surface area contributed by atoms with E-state index in [0.29, 0.717) is 6.61 Å². The Morgan fingerprint density at radius 2 is 1.94 bits per heavy atom. The Hall–Kier alpha value is -1.16. The second-order valence-electron chi connectivity index (χ2n) is 4.33. The zero-order valence-electron chi connectivity index (χ0n) is 12.0. The molecule has 1 aromatic rings. The molecule has 4 heteroatoms. The summed E-state index contributed by atoms with van der Waals surface area (Å²) in [6.07, 6.45) is 4.65. The topological polar surface area (TPSA) is 47.0 Å². The molecule has 0 bridgehead atoms. The molecule has 0 fully saturated rings. The van der Waals surface area contributed by atoms with Gasteiger partial charge in [-0.1, -0.05) is 20.8 Å². The van der Waals surface area contributed by atoms with Gasteiger partial charge in [0.05, 0.1) is 0 Å². The first-order valence-corrected chi connectivity index (χ1v) is 6.93. The fourth-order valence-electron chi connectivity index (χ4n) is 2.04. The molecule has 0 saturated carbocycles. The standard InChI is InChI=1S/C14H25N3O/c1-5-10-15-12-9-11-16-13(17-12)14(6-2,7-3)18-8-4/h9,11H,5-8,10H2,1-4H3,(H,15,16,17). The first-order chi connectivity index (χ1) is 8.72. The molecule has 0 aliphatic carbocycles. The SMILES string of the molecule is CCCNc1ccnc(C(CC)(CC)OCC)n1. The summed E-state index contributed by atoms with van der Waals surface area (Å²) in [5, 5.41) is 3.29. The maximum absolute atomic E-state index is 5.92. The second kappa shape index (κ2) is 7.31. The van der Waals surface area contributed by atoms with E-state index in [9.17, 15) is 0 Å². The van der Waals surface area contributed by atoms with Crippen LogP contribution in [0.2, 0.25) is 0 Å². The highest BCUT2D eigenvalue weighted by Crippen LogP contribution is 2.30. The highest BCUT2D eigenvalue weighted by atomic mass is 16.5. The lowest BCUT2D eigenvalue weighted by Gasteiger charge is -2.30. The number of hydrogen-bond acceptors (Lipinski definition) is 4. The summed E-state index contributed by atoms with van der Waals surface area (Å²) >= 11 is 0. The maximum atomic E-state index is 5.92. The summed E-state index contributed by atoms with van der Waals surface area (Å²) in [7, 11) is 0. The average Bonchev–Trinajstić information content (AvgIpc) is 2.43. The van der Waals surface area contributed by atoms with Gasteiger partial charge in [-0.2, -0.15) is 0 Å². The molecule has 0 unspecified atom stereocenters. The van der Waals surface area contributed by atoms with Gasteiger partial charge in [-0.15, -0.1) is 0 Å². The fourth-order valence-corrected chi connectivity index (χ4v) is 2.04. The van der Waals surface area contributed by atoms with Crippen molar-refractivity contribution in [1.29, 1.82) is 0 Å². The number of aromatic nitrogens is 2. The molecule has 1 rings (SSSR count). The lowest BCUT2D eigenvalue weighted by atomic mass is 9.96. The predicted octanol–water partition coefficient (Wildman–Crippen LogP) is 3.35. The van der Waals surface area contributed by atoms with Crippen molar-refractivity contribution in [3.63, 3.8) is 0 Å². The largest absolute Gasteiger partial charge is 0.370 e. The van der Waals surface area contributed by atoms with Crippen molar-refractivity contribution in [2.75, 3.05) is 18.5 Å². The molecule has 0 atom stereocenters. The van der Waals surface area contributed by atoms with Gasteiger partial charge in [0.2, 0.25) is 0 Å². The third-order valence-electron chi connectivity index (χ3n) is 3.18. The molecule has 102 valence electrons. The van der Waals surface area contributed by atoms with Gasteiger partial charge in [-0.3, -0.25) is 0 Å². The van der Waals surface area contributed by atoms with Crippen LogP contribution in [0.1, 0.15) is 52.8 Å². The Morgan fingerprint density at radius 1 is 1.22 bits per heavy atom. The molecule has 0 spiro atoms. The van der Waals surface area contributed by atoms with E-state index < -0.39 is 0 Å². The molecule has 0 radical (unpaired) electrons.